The Morgan fingerprint density at radius 2 is 2.29 bits per heavy atom. The van der Waals surface area contributed by atoms with Crippen LogP contribution in [0.15, 0.2) is 0 Å². The van der Waals surface area contributed by atoms with Gasteiger partial charge in [0.1, 0.15) is 5.82 Å². The van der Waals surface area contributed by atoms with Crippen molar-refractivity contribution in [3.8, 4) is 0 Å². The Balaban J connectivity index is 2.19. The van der Waals surface area contributed by atoms with Crippen molar-refractivity contribution >= 4 is 5.82 Å². The Kier molecular flexibility index (Phi) is 2.46. The van der Waals surface area contributed by atoms with E-state index in [-0.39, 0.29) is 0 Å². The number of nitrogen functional groups attached to an aromatic ring is 1. The first kappa shape index (κ1) is 9.52. The molecule has 0 spiro atoms. The van der Waals surface area contributed by atoms with Crippen LogP contribution in [0, 0.1) is 0 Å². The van der Waals surface area contributed by atoms with E-state index < -0.39 is 0 Å². The highest BCUT2D eigenvalue weighted by molar-refractivity contribution is 5.44. The van der Waals surface area contributed by atoms with Gasteiger partial charge in [0.15, 0.2) is 0 Å². The van der Waals surface area contributed by atoms with Gasteiger partial charge < -0.3 is 5.73 Å². The van der Waals surface area contributed by atoms with Crippen molar-refractivity contribution in [2.24, 2.45) is 7.05 Å². The SMILES string of the molecule is CCCN1CCc2c(nn(C)c2N)C1. The number of nitrogens with zero attached hydrogens (tertiary/aromatic N) is 3. The van der Waals surface area contributed by atoms with Crippen molar-refractivity contribution in [2.45, 2.75) is 26.3 Å². The molecule has 4 nitrogen and oxygen atoms in total. The molecule has 78 valence electrons. The zero-order valence-electron chi connectivity index (χ0n) is 8.95. The molecule has 2 heterocycles. The number of aromatic nitrogens is 2. The highest BCUT2D eigenvalue weighted by atomic mass is 15.3. The number of hydrogen-bond acceptors (Lipinski definition) is 3. The molecule has 1 aliphatic rings. The predicted molar refractivity (Wildman–Crippen MR) is 56.9 cm³/mol. The standard InChI is InChI=1S/C10H18N4/c1-3-5-14-6-4-8-9(7-14)12-13(2)10(8)11/h3-7,11H2,1-2H3. The molecule has 2 N–H and O–H groups in total. The van der Waals surface area contributed by atoms with Crippen molar-refractivity contribution in [1.29, 1.82) is 0 Å². The third-order valence-corrected chi connectivity index (χ3v) is 2.87. The van der Waals surface area contributed by atoms with Crippen molar-refractivity contribution < 1.29 is 0 Å². The zero-order chi connectivity index (χ0) is 10.1. The number of aryl methyl sites for hydroxylation is 1. The first-order chi connectivity index (χ1) is 6.72. The molecule has 1 aliphatic heterocycles. The lowest BCUT2D eigenvalue weighted by Gasteiger charge is -2.25. The Morgan fingerprint density at radius 1 is 1.50 bits per heavy atom. The average Bonchev–Trinajstić information content (AvgIpc) is 2.43. The van der Waals surface area contributed by atoms with Crippen LogP contribution in [0.3, 0.4) is 0 Å². The van der Waals surface area contributed by atoms with Crippen LogP contribution in [-0.2, 0) is 20.0 Å². The summed E-state index contributed by atoms with van der Waals surface area (Å²) in [6.07, 6.45) is 2.26. The molecule has 0 saturated carbocycles. The van der Waals surface area contributed by atoms with Crippen LogP contribution in [-0.4, -0.2) is 27.8 Å². The maximum atomic E-state index is 5.92. The van der Waals surface area contributed by atoms with Crippen molar-refractivity contribution in [3.63, 3.8) is 0 Å². The largest absolute Gasteiger partial charge is 0.384 e. The van der Waals surface area contributed by atoms with Crippen molar-refractivity contribution in [1.82, 2.24) is 14.7 Å². The molecular weight excluding hydrogens is 176 g/mol. The summed E-state index contributed by atoms with van der Waals surface area (Å²) in [5, 5.41) is 4.43. The molecule has 0 amide bonds. The number of rotatable bonds is 2. The molecule has 0 bridgehead atoms. The van der Waals surface area contributed by atoms with Gasteiger partial charge in [0, 0.05) is 25.7 Å². The highest BCUT2D eigenvalue weighted by Crippen LogP contribution is 2.22. The lowest BCUT2D eigenvalue weighted by Crippen LogP contribution is -2.31. The summed E-state index contributed by atoms with van der Waals surface area (Å²) in [5.74, 6) is 0.844. The van der Waals surface area contributed by atoms with Gasteiger partial charge >= 0.3 is 0 Å². The quantitative estimate of drug-likeness (QED) is 0.756. The predicted octanol–water partition coefficient (Wildman–Crippen LogP) is 0.770. The maximum Gasteiger partial charge on any atom is 0.124 e. The third kappa shape index (κ3) is 1.50. The molecular formula is C10H18N4. The van der Waals surface area contributed by atoms with E-state index in [0.717, 1.165) is 31.9 Å². The summed E-state index contributed by atoms with van der Waals surface area (Å²) >= 11 is 0. The summed E-state index contributed by atoms with van der Waals surface area (Å²) < 4.78 is 1.79. The lowest BCUT2D eigenvalue weighted by molar-refractivity contribution is 0.251. The molecule has 0 aromatic carbocycles. The summed E-state index contributed by atoms with van der Waals surface area (Å²) in [6, 6.07) is 0. The zero-order valence-corrected chi connectivity index (χ0v) is 8.95. The Hall–Kier alpha value is -1.03. The minimum atomic E-state index is 0.844. The topological polar surface area (TPSA) is 47.1 Å². The second-order valence-corrected chi connectivity index (χ2v) is 3.96. The second kappa shape index (κ2) is 3.61. The van der Waals surface area contributed by atoms with Gasteiger partial charge in [-0.05, 0) is 19.4 Å². The molecule has 0 unspecified atom stereocenters. The van der Waals surface area contributed by atoms with Gasteiger partial charge in [-0.15, -0.1) is 0 Å². The summed E-state index contributed by atoms with van der Waals surface area (Å²) in [7, 11) is 1.91. The number of fused-ring (bicyclic) bond motifs is 1. The molecule has 1 aromatic heterocycles. The number of nitrogens with two attached hydrogens (primary N) is 1. The lowest BCUT2D eigenvalue weighted by atomic mass is 10.1. The fraction of sp³-hybridized carbons (Fsp3) is 0.700. The van der Waals surface area contributed by atoms with E-state index in [2.05, 4.69) is 16.9 Å². The van der Waals surface area contributed by atoms with Gasteiger partial charge in [-0.25, -0.2) is 0 Å². The molecule has 0 atom stereocenters. The van der Waals surface area contributed by atoms with Crippen molar-refractivity contribution in [2.75, 3.05) is 18.8 Å². The van der Waals surface area contributed by atoms with Crippen LogP contribution in [0.25, 0.3) is 0 Å². The minimum absolute atomic E-state index is 0.844. The van der Waals surface area contributed by atoms with Crippen LogP contribution >= 0.6 is 0 Å². The summed E-state index contributed by atoms with van der Waals surface area (Å²) in [4.78, 5) is 2.44. The number of anilines is 1. The minimum Gasteiger partial charge on any atom is -0.384 e. The molecule has 4 heteroatoms. The third-order valence-electron chi connectivity index (χ3n) is 2.87. The molecule has 14 heavy (non-hydrogen) atoms. The van der Waals surface area contributed by atoms with Gasteiger partial charge in [-0.1, -0.05) is 6.92 Å². The summed E-state index contributed by atoms with van der Waals surface area (Å²) in [5.41, 5.74) is 8.36. The van der Waals surface area contributed by atoms with Gasteiger partial charge in [-0.3, -0.25) is 9.58 Å². The van der Waals surface area contributed by atoms with Crippen LogP contribution in [0.1, 0.15) is 24.6 Å². The highest BCUT2D eigenvalue weighted by Gasteiger charge is 2.21. The fourth-order valence-corrected chi connectivity index (χ4v) is 2.11. The average molecular weight is 194 g/mol. The van der Waals surface area contributed by atoms with E-state index in [1.807, 2.05) is 7.05 Å². The van der Waals surface area contributed by atoms with Gasteiger partial charge in [-0.2, -0.15) is 5.10 Å². The molecule has 0 aliphatic carbocycles. The normalized spacial score (nSPS) is 17.0. The van der Waals surface area contributed by atoms with Crippen LogP contribution in [0.5, 0.6) is 0 Å². The first-order valence-corrected chi connectivity index (χ1v) is 5.25. The van der Waals surface area contributed by atoms with E-state index in [0.29, 0.717) is 0 Å². The fourth-order valence-electron chi connectivity index (χ4n) is 2.11. The van der Waals surface area contributed by atoms with Crippen molar-refractivity contribution in [3.05, 3.63) is 11.3 Å². The number of hydrogen-bond donors (Lipinski definition) is 1. The van der Waals surface area contributed by atoms with E-state index >= 15 is 0 Å². The molecule has 1 aromatic rings. The van der Waals surface area contributed by atoms with Crippen LogP contribution in [0.2, 0.25) is 0 Å². The van der Waals surface area contributed by atoms with Gasteiger partial charge in [0.05, 0.1) is 5.69 Å². The summed E-state index contributed by atoms with van der Waals surface area (Å²) in [6.45, 7) is 5.46. The van der Waals surface area contributed by atoms with Gasteiger partial charge in [0.2, 0.25) is 0 Å². The Morgan fingerprint density at radius 3 is 3.00 bits per heavy atom. The molecule has 2 rings (SSSR count). The molecule has 0 radical (unpaired) electrons. The second-order valence-electron chi connectivity index (χ2n) is 3.96. The van der Waals surface area contributed by atoms with E-state index in [4.69, 9.17) is 5.73 Å². The van der Waals surface area contributed by atoms with E-state index in [1.54, 1.807) is 4.68 Å². The van der Waals surface area contributed by atoms with Crippen LogP contribution in [0.4, 0.5) is 5.82 Å². The molecule has 0 saturated heterocycles. The van der Waals surface area contributed by atoms with E-state index in [1.165, 1.54) is 17.7 Å². The maximum absolute atomic E-state index is 5.92. The first-order valence-electron chi connectivity index (χ1n) is 5.25. The monoisotopic (exact) mass is 194 g/mol. The Labute approximate surface area is 84.7 Å². The van der Waals surface area contributed by atoms with Gasteiger partial charge in [0.25, 0.3) is 0 Å². The van der Waals surface area contributed by atoms with E-state index in [9.17, 15) is 0 Å². The smallest absolute Gasteiger partial charge is 0.124 e. The van der Waals surface area contributed by atoms with Crippen LogP contribution < -0.4 is 5.73 Å². The Bertz CT molecular complexity index is 329. The molecule has 0 fully saturated rings.